The molecule has 0 unspecified atom stereocenters. The van der Waals surface area contributed by atoms with Gasteiger partial charge in [0.25, 0.3) is 5.91 Å². The predicted octanol–water partition coefficient (Wildman–Crippen LogP) is 4.87. The molecule has 28 heavy (non-hydrogen) atoms. The Labute approximate surface area is 166 Å². The van der Waals surface area contributed by atoms with Crippen molar-refractivity contribution in [2.75, 3.05) is 19.5 Å². The van der Waals surface area contributed by atoms with Crippen molar-refractivity contribution < 1.29 is 14.3 Å². The van der Waals surface area contributed by atoms with Crippen molar-refractivity contribution in [2.24, 2.45) is 0 Å². The van der Waals surface area contributed by atoms with Gasteiger partial charge in [0, 0.05) is 27.5 Å². The van der Waals surface area contributed by atoms with Gasteiger partial charge in [-0.3, -0.25) is 10.1 Å². The first kappa shape index (κ1) is 18.1. The van der Waals surface area contributed by atoms with Gasteiger partial charge in [0.1, 0.15) is 11.5 Å². The average Bonchev–Trinajstić information content (AvgIpc) is 3.30. The Balaban J connectivity index is 1.64. The highest BCUT2D eigenvalue weighted by Gasteiger charge is 2.17. The highest BCUT2D eigenvalue weighted by atomic mass is 32.1. The first-order valence-corrected chi connectivity index (χ1v) is 9.55. The van der Waals surface area contributed by atoms with Crippen LogP contribution in [-0.2, 0) is 0 Å². The molecule has 0 atom stereocenters. The van der Waals surface area contributed by atoms with Crippen LogP contribution in [0.5, 0.6) is 11.5 Å². The molecule has 0 spiro atoms. The summed E-state index contributed by atoms with van der Waals surface area (Å²) in [6.45, 7) is 2.02. The Morgan fingerprint density at radius 2 is 1.96 bits per heavy atom. The first-order valence-electron chi connectivity index (χ1n) is 8.67. The Hall–Kier alpha value is -3.32. The van der Waals surface area contributed by atoms with Crippen LogP contribution >= 0.6 is 11.3 Å². The van der Waals surface area contributed by atoms with Crippen LogP contribution in [0.2, 0.25) is 0 Å². The van der Waals surface area contributed by atoms with Crippen LogP contribution in [0.15, 0.2) is 47.8 Å². The Morgan fingerprint density at radius 3 is 2.75 bits per heavy atom. The summed E-state index contributed by atoms with van der Waals surface area (Å²) in [5.74, 6) is 0.759. The minimum Gasteiger partial charge on any atom is -0.497 e. The molecule has 1 amide bonds. The number of benzene rings is 2. The highest BCUT2D eigenvalue weighted by Crippen LogP contribution is 2.34. The van der Waals surface area contributed by atoms with Crippen LogP contribution in [0.1, 0.15) is 16.1 Å². The monoisotopic (exact) mass is 393 g/mol. The molecule has 0 fully saturated rings. The number of anilines is 1. The van der Waals surface area contributed by atoms with Crippen LogP contribution in [0, 0.1) is 6.92 Å². The topological polar surface area (TPSA) is 76.2 Å². The molecule has 2 heterocycles. The first-order chi connectivity index (χ1) is 13.6. The highest BCUT2D eigenvalue weighted by molar-refractivity contribution is 7.14. The summed E-state index contributed by atoms with van der Waals surface area (Å²) in [6, 6.07) is 13.2. The molecule has 0 saturated carbocycles. The van der Waals surface area contributed by atoms with E-state index in [2.05, 4.69) is 21.4 Å². The van der Waals surface area contributed by atoms with Crippen molar-refractivity contribution in [1.82, 2.24) is 9.97 Å². The molecule has 0 aliphatic heterocycles. The Bertz CT molecular complexity index is 1160. The van der Waals surface area contributed by atoms with Crippen molar-refractivity contribution in [3.05, 3.63) is 59.1 Å². The van der Waals surface area contributed by atoms with Crippen molar-refractivity contribution in [2.45, 2.75) is 6.92 Å². The molecule has 4 aromatic rings. The van der Waals surface area contributed by atoms with Crippen LogP contribution in [0.4, 0.5) is 5.13 Å². The second-order valence-electron chi connectivity index (χ2n) is 6.23. The maximum absolute atomic E-state index is 12.8. The predicted molar refractivity (Wildman–Crippen MR) is 112 cm³/mol. The fraction of sp³-hybridized carbons (Fsp3) is 0.143. The van der Waals surface area contributed by atoms with E-state index >= 15 is 0 Å². The summed E-state index contributed by atoms with van der Waals surface area (Å²) in [6.07, 6.45) is 0. The fourth-order valence-electron chi connectivity index (χ4n) is 3.21. The van der Waals surface area contributed by atoms with E-state index in [0.717, 1.165) is 27.9 Å². The fourth-order valence-corrected chi connectivity index (χ4v) is 3.91. The second-order valence-corrected chi connectivity index (χ2v) is 7.09. The zero-order chi connectivity index (χ0) is 19.7. The largest absolute Gasteiger partial charge is 0.497 e. The summed E-state index contributed by atoms with van der Waals surface area (Å²) >= 11 is 1.38. The van der Waals surface area contributed by atoms with Crippen molar-refractivity contribution in [1.29, 1.82) is 0 Å². The van der Waals surface area contributed by atoms with Crippen molar-refractivity contribution in [3.63, 3.8) is 0 Å². The minimum atomic E-state index is -0.299. The number of methoxy groups -OCH3 is 2. The van der Waals surface area contributed by atoms with E-state index < -0.39 is 0 Å². The lowest BCUT2D eigenvalue weighted by Gasteiger charge is -2.09. The summed E-state index contributed by atoms with van der Waals surface area (Å²) in [4.78, 5) is 20.7. The number of aromatic nitrogens is 2. The number of aryl methyl sites for hydroxylation is 1. The van der Waals surface area contributed by atoms with Gasteiger partial charge >= 0.3 is 0 Å². The molecule has 6 nitrogen and oxygen atoms in total. The van der Waals surface area contributed by atoms with E-state index in [-0.39, 0.29) is 5.91 Å². The van der Waals surface area contributed by atoms with Crippen molar-refractivity contribution in [3.8, 4) is 22.8 Å². The molecular formula is C21H19N3O3S. The van der Waals surface area contributed by atoms with Crippen LogP contribution in [0.25, 0.3) is 22.2 Å². The number of fused-ring (bicyclic) bond motifs is 1. The zero-order valence-corrected chi connectivity index (χ0v) is 16.5. The molecule has 2 aromatic carbocycles. The van der Waals surface area contributed by atoms with Gasteiger partial charge in [0.15, 0.2) is 5.13 Å². The zero-order valence-electron chi connectivity index (χ0n) is 15.7. The summed E-state index contributed by atoms with van der Waals surface area (Å²) in [5.41, 5.74) is 4.37. The number of carbonyl (C=O) groups excluding carboxylic acids is 1. The maximum atomic E-state index is 12.8. The number of carbonyl (C=O) groups is 1. The number of para-hydroxylation sites is 1. The molecule has 2 N–H and O–H groups in total. The lowest BCUT2D eigenvalue weighted by Crippen LogP contribution is -2.13. The number of rotatable bonds is 5. The summed E-state index contributed by atoms with van der Waals surface area (Å²) in [7, 11) is 3.08. The third-order valence-electron chi connectivity index (χ3n) is 4.53. The third kappa shape index (κ3) is 3.20. The SMILES string of the molecule is COc1ccc(OC)c(C(=O)Nc2nc(-c3c(C)[nH]c4ccccc34)cs2)c1. The molecule has 0 bridgehead atoms. The number of hydrogen-bond donors (Lipinski definition) is 2. The van der Waals surface area contributed by atoms with E-state index in [1.54, 1.807) is 25.3 Å². The summed E-state index contributed by atoms with van der Waals surface area (Å²) in [5, 5.41) is 6.43. The number of aromatic amines is 1. The number of hydrogen-bond acceptors (Lipinski definition) is 5. The van der Waals surface area contributed by atoms with Crippen LogP contribution in [-0.4, -0.2) is 30.1 Å². The molecule has 0 aliphatic rings. The molecule has 0 radical (unpaired) electrons. The number of nitrogens with one attached hydrogen (secondary N) is 2. The van der Waals surface area contributed by atoms with Gasteiger partial charge in [0.2, 0.25) is 0 Å². The second kappa shape index (κ2) is 7.36. The molecular weight excluding hydrogens is 374 g/mol. The third-order valence-corrected chi connectivity index (χ3v) is 5.28. The van der Waals surface area contributed by atoms with E-state index in [9.17, 15) is 4.79 Å². The van der Waals surface area contributed by atoms with E-state index in [1.165, 1.54) is 18.4 Å². The molecule has 7 heteroatoms. The van der Waals surface area contributed by atoms with Crippen molar-refractivity contribution >= 4 is 33.3 Å². The Morgan fingerprint density at radius 1 is 1.14 bits per heavy atom. The standard InChI is InChI=1S/C21H19N3O3S/c1-12-19(14-6-4-5-7-16(14)22-12)17-11-28-21(23-17)24-20(25)15-10-13(26-2)8-9-18(15)27-3/h4-11,22H,1-3H3,(H,23,24,25). The van der Waals surface area contributed by atoms with Gasteiger partial charge in [-0.25, -0.2) is 4.98 Å². The normalized spacial score (nSPS) is 10.8. The molecule has 4 rings (SSSR count). The van der Waals surface area contributed by atoms with Gasteiger partial charge < -0.3 is 14.5 Å². The van der Waals surface area contributed by atoms with Gasteiger partial charge in [-0.1, -0.05) is 18.2 Å². The smallest absolute Gasteiger partial charge is 0.261 e. The number of amides is 1. The summed E-state index contributed by atoms with van der Waals surface area (Å²) < 4.78 is 10.5. The molecule has 142 valence electrons. The number of thiazole rings is 1. The number of nitrogens with zero attached hydrogens (tertiary/aromatic N) is 1. The Kier molecular flexibility index (Phi) is 4.75. The maximum Gasteiger partial charge on any atom is 0.261 e. The lowest BCUT2D eigenvalue weighted by molar-refractivity contribution is 0.102. The van der Waals surface area contributed by atoms with Gasteiger partial charge in [-0.05, 0) is 31.2 Å². The number of ether oxygens (including phenoxy) is 2. The number of H-pyrrole nitrogens is 1. The van der Waals surface area contributed by atoms with E-state index in [0.29, 0.717) is 22.2 Å². The van der Waals surface area contributed by atoms with E-state index in [1.807, 2.05) is 30.5 Å². The lowest BCUT2D eigenvalue weighted by atomic mass is 10.1. The van der Waals surface area contributed by atoms with E-state index in [4.69, 9.17) is 9.47 Å². The molecule has 0 aliphatic carbocycles. The molecule has 0 saturated heterocycles. The quantitative estimate of drug-likeness (QED) is 0.507. The van der Waals surface area contributed by atoms with Gasteiger partial charge in [-0.15, -0.1) is 11.3 Å². The van der Waals surface area contributed by atoms with Gasteiger partial charge in [-0.2, -0.15) is 0 Å². The van der Waals surface area contributed by atoms with Crippen LogP contribution < -0.4 is 14.8 Å². The van der Waals surface area contributed by atoms with Gasteiger partial charge in [0.05, 0.1) is 25.5 Å². The average molecular weight is 393 g/mol. The minimum absolute atomic E-state index is 0.299. The molecule has 2 aromatic heterocycles. The van der Waals surface area contributed by atoms with Crippen LogP contribution in [0.3, 0.4) is 0 Å².